The Bertz CT molecular complexity index is 350. The molecule has 0 bridgehead atoms. The van der Waals surface area contributed by atoms with E-state index in [1.807, 2.05) is 0 Å². The Morgan fingerprint density at radius 1 is 1.60 bits per heavy atom. The van der Waals surface area contributed by atoms with Crippen LogP contribution in [0.5, 0.6) is 0 Å². The van der Waals surface area contributed by atoms with E-state index in [9.17, 15) is 4.79 Å². The molecule has 0 radical (unpaired) electrons. The van der Waals surface area contributed by atoms with Gasteiger partial charge in [-0.25, -0.2) is 0 Å². The lowest BCUT2D eigenvalue weighted by atomic mass is 10.7. The molecule has 1 heterocycles. The van der Waals surface area contributed by atoms with Crippen LogP contribution < -0.4 is 10.6 Å². The zero-order chi connectivity index (χ0) is 10.7. The Kier molecular flexibility index (Phi) is 3.42. The molecule has 1 fully saturated rings. The first-order chi connectivity index (χ1) is 7.28. The fraction of sp³-hybridized carbons (Fsp3) is 0.625. The molecule has 5 nitrogen and oxygen atoms in total. The summed E-state index contributed by atoms with van der Waals surface area (Å²) in [5.41, 5.74) is 0. The van der Waals surface area contributed by atoms with Crippen LogP contribution >= 0.6 is 23.1 Å². The average Bonchev–Trinajstić information content (AvgIpc) is 2.93. The van der Waals surface area contributed by atoms with E-state index in [1.165, 1.54) is 35.9 Å². The number of nitrogens with zero attached hydrogens (tertiary/aromatic N) is 2. The van der Waals surface area contributed by atoms with Crippen LogP contribution in [0.3, 0.4) is 0 Å². The third-order valence-corrected chi connectivity index (χ3v) is 3.90. The Balaban J connectivity index is 1.80. The molecule has 0 unspecified atom stereocenters. The van der Waals surface area contributed by atoms with Gasteiger partial charge in [0, 0.05) is 13.1 Å². The van der Waals surface area contributed by atoms with Gasteiger partial charge in [-0.2, -0.15) is 0 Å². The molecule has 0 aromatic carbocycles. The number of nitrogens with one attached hydrogen (secondary N) is 2. The molecular weight excluding hydrogens is 232 g/mol. The van der Waals surface area contributed by atoms with Gasteiger partial charge in [-0.3, -0.25) is 4.79 Å². The second kappa shape index (κ2) is 4.80. The van der Waals surface area contributed by atoms with Crippen molar-refractivity contribution in [3.05, 3.63) is 0 Å². The molecule has 0 saturated heterocycles. The van der Waals surface area contributed by atoms with Gasteiger partial charge in [0.1, 0.15) is 0 Å². The summed E-state index contributed by atoms with van der Waals surface area (Å²) >= 11 is 2.92. The molecule has 1 saturated carbocycles. The first-order valence-electron chi connectivity index (χ1n) is 4.71. The number of anilines is 1. The van der Waals surface area contributed by atoms with Gasteiger partial charge < -0.3 is 10.6 Å². The van der Waals surface area contributed by atoms with Crippen LogP contribution in [0.15, 0.2) is 4.34 Å². The first kappa shape index (κ1) is 10.7. The normalized spacial score (nSPS) is 15.0. The lowest BCUT2D eigenvalue weighted by Crippen LogP contribution is -2.19. The van der Waals surface area contributed by atoms with Crippen molar-refractivity contribution in [3.8, 4) is 0 Å². The van der Waals surface area contributed by atoms with Crippen LogP contribution in [0.1, 0.15) is 12.8 Å². The summed E-state index contributed by atoms with van der Waals surface area (Å²) in [6, 6.07) is 0.592. The monoisotopic (exact) mass is 244 g/mol. The Hall–Kier alpha value is -0.820. The molecule has 0 aliphatic heterocycles. The Labute approximate surface area is 96.0 Å². The van der Waals surface area contributed by atoms with E-state index in [4.69, 9.17) is 0 Å². The van der Waals surface area contributed by atoms with Crippen molar-refractivity contribution >= 4 is 34.1 Å². The second-order valence-corrected chi connectivity index (χ2v) is 5.45. The zero-order valence-corrected chi connectivity index (χ0v) is 9.95. The highest BCUT2D eigenvalue weighted by Crippen LogP contribution is 2.29. The molecule has 1 aliphatic rings. The molecule has 15 heavy (non-hydrogen) atoms. The zero-order valence-electron chi connectivity index (χ0n) is 8.32. The largest absolute Gasteiger partial charge is 0.358 e. The highest BCUT2D eigenvalue weighted by molar-refractivity contribution is 8.01. The maximum absolute atomic E-state index is 11.0. The van der Waals surface area contributed by atoms with E-state index in [0.29, 0.717) is 11.8 Å². The van der Waals surface area contributed by atoms with Crippen molar-refractivity contribution in [2.75, 3.05) is 18.1 Å². The molecule has 1 aromatic heterocycles. The molecule has 82 valence electrons. The van der Waals surface area contributed by atoms with Crippen molar-refractivity contribution in [2.24, 2.45) is 0 Å². The van der Waals surface area contributed by atoms with E-state index in [0.717, 1.165) is 9.47 Å². The van der Waals surface area contributed by atoms with Gasteiger partial charge in [0.25, 0.3) is 0 Å². The van der Waals surface area contributed by atoms with Crippen molar-refractivity contribution in [2.45, 2.75) is 23.2 Å². The lowest BCUT2D eigenvalue weighted by molar-refractivity contribution is -0.118. The van der Waals surface area contributed by atoms with Crippen molar-refractivity contribution in [3.63, 3.8) is 0 Å². The fourth-order valence-electron chi connectivity index (χ4n) is 0.928. The lowest BCUT2D eigenvalue weighted by Gasteiger charge is -1.95. The van der Waals surface area contributed by atoms with E-state index in [-0.39, 0.29) is 5.91 Å². The number of rotatable bonds is 5. The average molecular weight is 244 g/mol. The maximum atomic E-state index is 11.0. The van der Waals surface area contributed by atoms with Crippen LogP contribution in [0.2, 0.25) is 0 Å². The number of aromatic nitrogens is 2. The van der Waals surface area contributed by atoms with Crippen LogP contribution in [-0.4, -0.2) is 34.9 Å². The maximum Gasteiger partial charge on any atom is 0.230 e. The molecular formula is C8H12N4OS2. The highest BCUT2D eigenvalue weighted by atomic mass is 32.2. The number of carbonyl (C=O) groups is 1. The number of amides is 1. The van der Waals surface area contributed by atoms with E-state index in [1.54, 1.807) is 7.05 Å². The predicted octanol–water partition coefficient (Wildman–Crippen LogP) is 0.950. The van der Waals surface area contributed by atoms with Crippen molar-refractivity contribution < 1.29 is 4.79 Å². The topological polar surface area (TPSA) is 66.9 Å². The van der Waals surface area contributed by atoms with Gasteiger partial charge in [0.2, 0.25) is 11.0 Å². The summed E-state index contributed by atoms with van der Waals surface area (Å²) in [4.78, 5) is 11.0. The molecule has 7 heteroatoms. The third-order valence-electron chi connectivity index (χ3n) is 1.92. The number of hydrogen-bond donors (Lipinski definition) is 2. The smallest absolute Gasteiger partial charge is 0.230 e. The van der Waals surface area contributed by atoms with Gasteiger partial charge in [-0.15, -0.1) is 10.2 Å². The molecule has 1 aromatic rings. The van der Waals surface area contributed by atoms with E-state index < -0.39 is 0 Å². The molecule has 2 N–H and O–H groups in total. The number of hydrogen-bond acceptors (Lipinski definition) is 6. The van der Waals surface area contributed by atoms with Crippen LogP contribution in [0.25, 0.3) is 0 Å². The van der Waals surface area contributed by atoms with Crippen LogP contribution in [0.4, 0.5) is 5.13 Å². The van der Waals surface area contributed by atoms with E-state index >= 15 is 0 Å². The van der Waals surface area contributed by atoms with E-state index in [2.05, 4.69) is 20.8 Å². The minimum Gasteiger partial charge on any atom is -0.358 e. The quantitative estimate of drug-likeness (QED) is 0.755. The summed E-state index contributed by atoms with van der Waals surface area (Å²) in [6.07, 6.45) is 2.45. The molecule has 2 rings (SSSR count). The van der Waals surface area contributed by atoms with Crippen molar-refractivity contribution in [1.82, 2.24) is 15.5 Å². The predicted molar refractivity (Wildman–Crippen MR) is 61.3 cm³/mol. The third kappa shape index (κ3) is 3.35. The minimum atomic E-state index is 0.00639. The standard InChI is InChI=1S/C8H12N4OS2/c1-9-6(13)4-14-8-12-11-7(15-8)10-5-2-3-5/h5H,2-4H2,1H3,(H,9,13)(H,10,11). The Morgan fingerprint density at radius 3 is 3.07 bits per heavy atom. The molecule has 1 amide bonds. The summed E-state index contributed by atoms with van der Waals surface area (Å²) in [5.74, 6) is 0.404. The van der Waals surface area contributed by atoms with Crippen molar-refractivity contribution in [1.29, 1.82) is 0 Å². The van der Waals surface area contributed by atoms with Gasteiger partial charge in [-0.05, 0) is 12.8 Å². The minimum absolute atomic E-state index is 0.00639. The molecule has 0 spiro atoms. The van der Waals surface area contributed by atoms with Gasteiger partial charge in [0.05, 0.1) is 5.75 Å². The summed E-state index contributed by atoms with van der Waals surface area (Å²) in [6.45, 7) is 0. The van der Waals surface area contributed by atoms with Crippen LogP contribution in [0, 0.1) is 0 Å². The molecule has 1 aliphatic carbocycles. The van der Waals surface area contributed by atoms with Gasteiger partial charge in [-0.1, -0.05) is 23.1 Å². The fourth-order valence-corrected chi connectivity index (χ4v) is 2.63. The number of carbonyl (C=O) groups excluding carboxylic acids is 1. The SMILES string of the molecule is CNC(=O)CSc1nnc(NC2CC2)s1. The Morgan fingerprint density at radius 2 is 2.40 bits per heavy atom. The summed E-state index contributed by atoms with van der Waals surface area (Å²) < 4.78 is 0.835. The highest BCUT2D eigenvalue weighted by Gasteiger charge is 2.22. The summed E-state index contributed by atoms with van der Waals surface area (Å²) in [5, 5.41) is 14.7. The first-order valence-corrected chi connectivity index (χ1v) is 6.51. The second-order valence-electron chi connectivity index (χ2n) is 3.25. The molecule has 0 atom stereocenters. The van der Waals surface area contributed by atoms with Gasteiger partial charge >= 0.3 is 0 Å². The summed E-state index contributed by atoms with van der Waals surface area (Å²) in [7, 11) is 1.63. The van der Waals surface area contributed by atoms with Crippen LogP contribution in [-0.2, 0) is 4.79 Å². The number of thioether (sulfide) groups is 1. The van der Waals surface area contributed by atoms with Gasteiger partial charge in [0.15, 0.2) is 4.34 Å².